The maximum Gasteiger partial charge on any atom is 0.0992 e. The molecule has 0 bridgehead atoms. The summed E-state index contributed by atoms with van der Waals surface area (Å²) in [6.07, 6.45) is 1.09. The van der Waals surface area contributed by atoms with Crippen molar-refractivity contribution in [3.63, 3.8) is 0 Å². The van der Waals surface area contributed by atoms with E-state index in [1.54, 1.807) is 0 Å². The highest BCUT2D eigenvalue weighted by molar-refractivity contribution is 7.20. The van der Waals surface area contributed by atoms with Crippen LogP contribution < -0.4 is 5.32 Å². The van der Waals surface area contributed by atoms with Gasteiger partial charge in [0, 0.05) is 11.6 Å². The van der Waals surface area contributed by atoms with Crippen molar-refractivity contribution in [2.75, 3.05) is 6.54 Å². The zero-order chi connectivity index (χ0) is 12.3. The molecule has 1 aromatic heterocycles. The molecule has 16 heavy (non-hydrogen) atoms. The third kappa shape index (κ3) is 3.13. The summed E-state index contributed by atoms with van der Waals surface area (Å²) < 4.78 is 1.56. The molecular weight excluding hydrogens is 261 g/mol. The van der Waals surface area contributed by atoms with Crippen LogP contribution in [0.1, 0.15) is 45.7 Å². The molecule has 0 spiro atoms. The van der Waals surface area contributed by atoms with Gasteiger partial charge in [-0.15, -0.1) is 11.3 Å². The summed E-state index contributed by atoms with van der Waals surface area (Å²) in [6, 6.07) is 2.25. The Morgan fingerprint density at radius 2 is 2.00 bits per heavy atom. The van der Waals surface area contributed by atoms with Crippen LogP contribution in [-0.4, -0.2) is 6.54 Å². The van der Waals surface area contributed by atoms with Crippen LogP contribution in [0, 0.1) is 5.41 Å². The molecule has 1 aromatic rings. The number of rotatable bonds is 5. The van der Waals surface area contributed by atoms with E-state index >= 15 is 0 Å². The van der Waals surface area contributed by atoms with Crippen LogP contribution in [0.4, 0.5) is 0 Å². The van der Waals surface area contributed by atoms with Crippen molar-refractivity contribution in [2.45, 2.75) is 40.2 Å². The van der Waals surface area contributed by atoms with Gasteiger partial charge in [-0.05, 0) is 24.4 Å². The number of halogens is 2. The van der Waals surface area contributed by atoms with Gasteiger partial charge < -0.3 is 5.32 Å². The maximum absolute atomic E-state index is 6.23. The molecule has 92 valence electrons. The fourth-order valence-corrected chi connectivity index (χ4v) is 3.30. The summed E-state index contributed by atoms with van der Waals surface area (Å²) in [4.78, 5) is 0. The standard InChI is InChI=1S/C12H19Cl2NS/c1-5-12(3,4)10(15-6-2)8-7-9(13)16-11(8)14/h7,10,15H,5-6H2,1-4H3. The molecule has 0 aliphatic carbocycles. The van der Waals surface area contributed by atoms with Crippen LogP contribution in [0.25, 0.3) is 0 Å². The van der Waals surface area contributed by atoms with E-state index in [9.17, 15) is 0 Å². The fourth-order valence-electron chi connectivity index (χ4n) is 1.77. The van der Waals surface area contributed by atoms with E-state index in [-0.39, 0.29) is 11.5 Å². The largest absolute Gasteiger partial charge is 0.310 e. The lowest BCUT2D eigenvalue weighted by molar-refractivity contribution is 0.238. The van der Waals surface area contributed by atoms with Crippen molar-refractivity contribution >= 4 is 34.5 Å². The number of hydrogen-bond acceptors (Lipinski definition) is 2. The minimum atomic E-state index is 0.171. The zero-order valence-electron chi connectivity index (χ0n) is 10.2. The van der Waals surface area contributed by atoms with Gasteiger partial charge in [0.25, 0.3) is 0 Å². The average molecular weight is 280 g/mol. The minimum absolute atomic E-state index is 0.171. The van der Waals surface area contributed by atoms with E-state index in [0.717, 1.165) is 27.2 Å². The first-order valence-corrected chi connectivity index (χ1v) is 7.17. The van der Waals surface area contributed by atoms with Crippen LogP contribution in [0.5, 0.6) is 0 Å². The normalized spacial score (nSPS) is 14.1. The molecule has 0 saturated carbocycles. The third-order valence-corrected chi connectivity index (χ3v) is 4.61. The maximum atomic E-state index is 6.23. The van der Waals surface area contributed by atoms with Crippen LogP contribution in [-0.2, 0) is 0 Å². The third-order valence-electron chi connectivity index (χ3n) is 3.10. The van der Waals surface area contributed by atoms with Gasteiger partial charge in [0.05, 0.1) is 8.67 Å². The van der Waals surface area contributed by atoms with Crippen LogP contribution >= 0.6 is 34.5 Å². The molecule has 0 saturated heterocycles. The zero-order valence-corrected chi connectivity index (χ0v) is 12.6. The molecule has 4 heteroatoms. The predicted octanol–water partition coefficient (Wildman–Crippen LogP) is 5.14. The Morgan fingerprint density at radius 3 is 2.38 bits per heavy atom. The lowest BCUT2D eigenvalue weighted by atomic mass is 9.79. The summed E-state index contributed by atoms with van der Waals surface area (Å²) >= 11 is 13.7. The van der Waals surface area contributed by atoms with Crippen molar-refractivity contribution in [1.82, 2.24) is 5.32 Å². The fraction of sp³-hybridized carbons (Fsp3) is 0.667. The molecule has 1 rings (SSSR count). The Kier molecular flexibility index (Phi) is 5.11. The average Bonchev–Trinajstić information content (AvgIpc) is 2.54. The van der Waals surface area contributed by atoms with Gasteiger partial charge in [-0.25, -0.2) is 0 Å². The second-order valence-electron chi connectivity index (χ2n) is 4.61. The lowest BCUT2D eigenvalue weighted by Gasteiger charge is -2.34. The molecule has 0 aliphatic rings. The van der Waals surface area contributed by atoms with Crippen molar-refractivity contribution in [2.24, 2.45) is 5.41 Å². The van der Waals surface area contributed by atoms with Gasteiger partial charge in [0.2, 0.25) is 0 Å². The van der Waals surface area contributed by atoms with Gasteiger partial charge in [-0.3, -0.25) is 0 Å². The first-order valence-electron chi connectivity index (χ1n) is 5.60. The Bertz CT molecular complexity index is 347. The molecule has 0 aromatic carbocycles. The Hall–Kier alpha value is 0.240. The Labute approximate surface area is 112 Å². The summed E-state index contributed by atoms with van der Waals surface area (Å²) in [7, 11) is 0. The number of nitrogens with one attached hydrogen (secondary N) is 1. The van der Waals surface area contributed by atoms with E-state index in [2.05, 4.69) is 33.0 Å². The lowest BCUT2D eigenvalue weighted by Crippen LogP contribution is -2.33. The minimum Gasteiger partial charge on any atom is -0.310 e. The van der Waals surface area contributed by atoms with E-state index in [1.807, 2.05) is 6.07 Å². The number of hydrogen-bond donors (Lipinski definition) is 1. The summed E-state index contributed by atoms with van der Waals surface area (Å²) in [6.45, 7) is 9.75. The SMILES string of the molecule is CCNC(c1cc(Cl)sc1Cl)C(C)(C)CC. The van der Waals surface area contributed by atoms with Crippen molar-refractivity contribution in [1.29, 1.82) is 0 Å². The molecule has 1 heterocycles. The molecule has 1 nitrogen and oxygen atoms in total. The van der Waals surface area contributed by atoms with E-state index in [1.165, 1.54) is 11.3 Å². The highest BCUT2D eigenvalue weighted by Gasteiger charge is 2.30. The molecule has 0 aliphatic heterocycles. The van der Waals surface area contributed by atoms with Gasteiger partial charge in [-0.1, -0.05) is 50.9 Å². The van der Waals surface area contributed by atoms with E-state index < -0.39 is 0 Å². The van der Waals surface area contributed by atoms with E-state index in [0.29, 0.717) is 0 Å². The van der Waals surface area contributed by atoms with Gasteiger partial charge in [-0.2, -0.15) is 0 Å². The molecule has 0 amide bonds. The summed E-state index contributed by atoms with van der Waals surface area (Å²) in [5.41, 5.74) is 1.30. The highest BCUT2D eigenvalue weighted by atomic mass is 35.5. The molecule has 0 radical (unpaired) electrons. The molecular formula is C12H19Cl2NS. The smallest absolute Gasteiger partial charge is 0.0992 e. The van der Waals surface area contributed by atoms with Gasteiger partial charge in [0.15, 0.2) is 0 Å². The van der Waals surface area contributed by atoms with Crippen molar-refractivity contribution < 1.29 is 0 Å². The second kappa shape index (κ2) is 5.72. The molecule has 1 atom stereocenters. The topological polar surface area (TPSA) is 12.0 Å². The quantitative estimate of drug-likeness (QED) is 0.787. The number of thiophene rings is 1. The highest BCUT2D eigenvalue weighted by Crippen LogP contribution is 2.43. The van der Waals surface area contributed by atoms with E-state index in [4.69, 9.17) is 23.2 Å². The van der Waals surface area contributed by atoms with Gasteiger partial charge in [0.1, 0.15) is 0 Å². The van der Waals surface area contributed by atoms with Crippen molar-refractivity contribution in [3.05, 3.63) is 20.3 Å². The van der Waals surface area contributed by atoms with Gasteiger partial charge >= 0.3 is 0 Å². The first-order chi connectivity index (χ1) is 7.42. The summed E-state index contributed by atoms with van der Waals surface area (Å²) in [5, 5.41) is 3.51. The molecule has 0 fully saturated rings. The first kappa shape index (κ1) is 14.3. The van der Waals surface area contributed by atoms with Crippen molar-refractivity contribution in [3.8, 4) is 0 Å². The van der Waals surface area contributed by atoms with Crippen LogP contribution in [0.3, 0.4) is 0 Å². The second-order valence-corrected chi connectivity index (χ2v) is 6.90. The molecule has 1 N–H and O–H groups in total. The monoisotopic (exact) mass is 279 g/mol. The molecule has 1 unspecified atom stereocenters. The van der Waals surface area contributed by atoms with Crippen LogP contribution in [0.15, 0.2) is 6.07 Å². The Balaban J connectivity index is 3.07. The van der Waals surface area contributed by atoms with Crippen LogP contribution in [0.2, 0.25) is 8.67 Å². The Morgan fingerprint density at radius 1 is 1.38 bits per heavy atom. The predicted molar refractivity (Wildman–Crippen MR) is 74.8 cm³/mol. The summed E-state index contributed by atoms with van der Waals surface area (Å²) in [5.74, 6) is 0.